The van der Waals surface area contributed by atoms with Gasteiger partial charge in [-0.25, -0.2) is 4.79 Å². The first-order valence-electron chi connectivity index (χ1n) is 11.4. The first-order chi connectivity index (χ1) is 15.8. The second kappa shape index (κ2) is 9.59. The number of hydrogen-bond donors (Lipinski definition) is 1. The van der Waals surface area contributed by atoms with Crippen molar-refractivity contribution in [2.45, 2.75) is 38.1 Å². The van der Waals surface area contributed by atoms with Gasteiger partial charge in [-0.15, -0.1) is 0 Å². The summed E-state index contributed by atoms with van der Waals surface area (Å²) >= 11 is 6.05. The van der Waals surface area contributed by atoms with E-state index in [1.165, 1.54) is 0 Å². The standard InChI is InChI=1S/C23H29ClN4O5/c1-16-5-7-23(8-6-16)21(31)28(22(32)25-23)14-20(30)33-15-19(29)27-11-9-26(10-12-27)18-4-2-3-17(24)13-18/h2-4,13,16H,5-12,14-15H2,1H3,(H,25,32). The van der Waals surface area contributed by atoms with Crippen LogP contribution in [0.3, 0.4) is 0 Å². The molecule has 0 atom stereocenters. The van der Waals surface area contributed by atoms with E-state index < -0.39 is 30.7 Å². The van der Waals surface area contributed by atoms with Crippen LogP contribution >= 0.6 is 11.6 Å². The fraction of sp³-hybridized carbons (Fsp3) is 0.565. The number of carbonyl (C=O) groups is 4. The fourth-order valence-corrected chi connectivity index (χ4v) is 4.89. The second-order valence-corrected chi connectivity index (χ2v) is 9.53. The van der Waals surface area contributed by atoms with Gasteiger partial charge in [0.05, 0.1) is 0 Å². The molecule has 0 aromatic heterocycles. The Morgan fingerprint density at radius 2 is 1.85 bits per heavy atom. The number of piperazine rings is 1. The number of nitrogens with zero attached hydrogens (tertiary/aromatic N) is 3. The predicted molar refractivity (Wildman–Crippen MR) is 122 cm³/mol. The highest BCUT2D eigenvalue weighted by atomic mass is 35.5. The third-order valence-electron chi connectivity index (χ3n) is 6.82. The second-order valence-electron chi connectivity index (χ2n) is 9.09. The molecule has 1 N–H and O–H groups in total. The van der Waals surface area contributed by atoms with Crippen LogP contribution in [-0.4, -0.2) is 78.5 Å². The summed E-state index contributed by atoms with van der Waals surface area (Å²) in [6.45, 7) is 3.50. The van der Waals surface area contributed by atoms with Gasteiger partial charge < -0.3 is 19.9 Å². The van der Waals surface area contributed by atoms with E-state index in [4.69, 9.17) is 16.3 Å². The summed E-state index contributed by atoms with van der Waals surface area (Å²) < 4.78 is 5.10. The van der Waals surface area contributed by atoms with Crippen LogP contribution in [0.1, 0.15) is 32.6 Å². The highest BCUT2D eigenvalue weighted by Crippen LogP contribution is 2.36. The zero-order chi connectivity index (χ0) is 23.6. The lowest BCUT2D eigenvalue weighted by Gasteiger charge is -2.36. The molecule has 0 unspecified atom stereocenters. The van der Waals surface area contributed by atoms with Crippen molar-refractivity contribution >= 4 is 41.1 Å². The zero-order valence-electron chi connectivity index (χ0n) is 18.7. The van der Waals surface area contributed by atoms with Crippen LogP contribution < -0.4 is 10.2 Å². The molecule has 1 spiro atoms. The van der Waals surface area contributed by atoms with E-state index in [0.29, 0.717) is 50.0 Å². The highest BCUT2D eigenvalue weighted by molar-refractivity contribution is 6.30. The number of imide groups is 1. The van der Waals surface area contributed by atoms with Gasteiger partial charge in [-0.1, -0.05) is 24.6 Å². The average molecular weight is 477 g/mol. The van der Waals surface area contributed by atoms with Gasteiger partial charge in [0.2, 0.25) is 0 Å². The normalized spacial score (nSPS) is 25.4. The van der Waals surface area contributed by atoms with Gasteiger partial charge in [-0.3, -0.25) is 19.3 Å². The van der Waals surface area contributed by atoms with Crippen molar-refractivity contribution in [2.24, 2.45) is 5.92 Å². The topological polar surface area (TPSA) is 99.3 Å². The van der Waals surface area contributed by atoms with E-state index in [9.17, 15) is 19.2 Å². The third-order valence-corrected chi connectivity index (χ3v) is 7.06. The molecule has 9 nitrogen and oxygen atoms in total. The summed E-state index contributed by atoms with van der Waals surface area (Å²) in [7, 11) is 0. The summed E-state index contributed by atoms with van der Waals surface area (Å²) in [4.78, 5) is 54.6. The monoisotopic (exact) mass is 476 g/mol. The summed E-state index contributed by atoms with van der Waals surface area (Å²) in [6.07, 6.45) is 2.85. The minimum absolute atomic E-state index is 0.302. The quantitative estimate of drug-likeness (QED) is 0.515. The SMILES string of the molecule is CC1CCC2(CC1)NC(=O)N(CC(=O)OCC(=O)N1CCN(c3cccc(Cl)c3)CC1)C2=O. The van der Waals surface area contributed by atoms with Crippen molar-refractivity contribution < 1.29 is 23.9 Å². The van der Waals surface area contributed by atoms with E-state index in [1.807, 2.05) is 24.3 Å². The molecule has 10 heteroatoms. The Hall–Kier alpha value is -2.81. The molecule has 2 aliphatic heterocycles. The molecule has 178 valence electrons. The van der Waals surface area contributed by atoms with Crippen molar-refractivity contribution in [3.8, 4) is 0 Å². The lowest BCUT2D eigenvalue weighted by atomic mass is 9.77. The van der Waals surface area contributed by atoms with E-state index >= 15 is 0 Å². The smallest absolute Gasteiger partial charge is 0.326 e. The number of benzene rings is 1. The number of nitrogens with one attached hydrogen (secondary N) is 1. The Kier molecular flexibility index (Phi) is 6.78. The van der Waals surface area contributed by atoms with Crippen molar-refractivity contribution in [3.05, 3.63) is 29.3 Å². The molecule has 2 saturated heterocycles. The molecular formula is C23H29ClN4O5. The number of ether oxygens (including phenoxy) is 1. The van der Waals surface area contributed by atoms with Crippen LogP contribution in [0.4, 0.5) is 10.5 Å². The summed E-state index contributed by atoms with van der Waals surface area (Å²) in [5.74, 6) is -0.938. The molecule has 33 heavy (non-hydrogen) atoms. The molecule has 1 aromatic carbocycles. The lowest BCUT2D eigenvalue weighted by molar-refractivity contribution is -0.154. The molecule has 1 aliphatic carbocycles. The molecule has 1 aromatic rings. The van der Waals surface area contributed by atoms with Crippen LogP contribution in [0.5, 0.6) is 0 Å². The van der Waals surface area contributed by atoms with Gasteiger partial charge in [-0.2, -0.15) is 0 Å². The highest BCUT2D eigenvalue weighted by Gasteiger charge is 2.52. The third kappa shape index (κ3) is 5.08. The molecule has 3 fully saturated rings. The summed E-state index contributed by atoms with van der Waals surface area (Å²) in [5.41, 5.74) is 0.0993. The molecule has 0 radical (unpaired) electrons. The van der Waals surface area contributed by atoms with Gasteiger partial charge in [0.15, 0.2) is 6.61 Å². The van der Waals surface area contributed by atoms with Gasteiger partial charge in [0.25, 0.3) is 11.8 Å². The van der Waals surface area contributed by atoms with Crippen LogP contribution in [-0.2, 0) is 19.1 Å². The van der Waals surface area contributed by atoms with Crippen molar-refractivity contribution in [1.29, 1.82) is 0 Å². The van der Waals surface area contributed by atoms with Crippen molar-refractivity contribution in [1.82, 2.24) is 15.1 Å². The number of hydrogen-bond acceptors (Lipinski definition) is 6. The van der Waals surface area contributed by atoms with Crippen LogP contribution in [0.15, 0.2) is 24.3 Å². The first kappa shape index (κ1) is 23.4. The molecule has 4 rings (SSSR count). The molecule has 3 aliphatic rings. The minimum Gasteiger partial charge on any atom is -0.454 e. The lowest BCUT2D eigenvalue weighted by Crippen LogP contribution is -2.50. The Bertz CT molecular complexity index is 939. The van der Waals surface area contributed by atoms with Crippen molar-refractivity contribution in [3.63, 3.8) is 0 Å². The molecule has 4 amide bonds. The maximum atomic E-state index is 12.8. The van der Waals surface area contributed by atoms with E-state index in [2.05, 4.69) is 17.1 Å². The predicted octanol–water partition coefficient (Wildman–Crippen LogP) is 2.03. The number of halogens is 1. The van der Waals surface area contributed by atoms with Crippen LogP contribution in [0.2, 0.25) is 5.02 Å². The summed E-state index contributed by atoms with van der Waals surface area (Å²) in [6, 6.07) is 6.98. The fourth-order valence-electron chi connectivity index (χ4n) is 4.71. The number of anilines is 1. The van der Waals surface area contributed by atoms with E-state index in [-0.39, 0.29) is 11.8 Å². The Morgan fingerprint density at radius 1 is 1.15 bits per heavy atom. The number of rotatable bonds is 5. The molecule has 2 heterocycles. The number of carbonyl (C=O) groups excluding carboxylic acids is 4. The molecule has 0 bridgehead atoms. The van der Waals surface area contributed by atoms with Gasteiger partial charge in [-0.05, 0) is 49.8 Å². The zero-order valence-corrected chi connectivity index (χ0v) is 19.5. The molecule has 1 saturated carbocycles. The summed E-state index contributed by atoms with van der Waals surface area (Å²) in [5, 5.41) is 3.43. The van der Waals surface area contributed by atoms with Crippen molar-refractivity contribution in [2.75, 3.05) is 44.2 Å². The first-order valence-corrected chi connectivity index (χ1v) is 11.7. The maximum Gasteiger partial charge on any atom is 0.326 e. The van der Waals surface area contributed by atoms with E-state index in [1.54, 1.807) is 4.90 Å². The number of esters is 1. The average Bonchev–Trinajstić information content (AvgIpc) is 3.03. The van der Waals surface area contributed by atoms with Gasteiger partial charge >= 0.3 is 12.0 Å². The van der Waals surface area contributed by atoms with Crippen LogP contribution in [0, 0.1) is 5.92 Å². The maximum absolute atomic E-state index is 12.8. The van der Waals surface area contributed by atoms with Crippen LogP contribution in [0.25, 0.3) is 0 Å². The largest absolute Gasteiger partial charge is 0.454 e. The Balaban J connectivity index is 1.23. The minimum atomic E-state index is -0.900. The Morgan fingerprint density at radius 3 is 2.52 bits per heavy atom. The Labute approximate surface area is 198 Å². The van der Waals surface area contributed by atoms with E-state index in [0.717, 1.165) is 23.4 Å². The number of urea groups is 1. The molecular weight excluding hydrogens is 448 g/mol. The van der Waals surface area contributed by atoms with Gasteiger partial charge in [0, 0.05) is 36.9 Å². The number of amides is 4. The van der Waals surface area contributed by atoms with Gasteiger partial charge in [0.1, 0.15) is 12.1 Å².